The van der Waals surface area contributed by atoms with Gasteiger partial charge in [0.2, 0.25) is 0 Å². The average molecular weight is 273 g/mol. The SMILES string of the molecule is [CH2]CCCC=CCC=CCC=CCC=CCCCCC. The lowest BCUT2D eigenvalue weighted by Crippen LogP contribution is -1.70. The second kappa shape index (κ2) is 18.0. The highest BCUT2D eigenvalue weighted by atomic mass is 13.9. The molecule has 0 aliphatic rings. The molecule has 113 valence electrons. The number of hydrogen-bond acceptors (Lipinski definition) is 0. The summed E-state index contributed by atoms with van der Waals surface area (Å²) in [5.74, 6) is 0. The van der Waals surface area contributed by atoms with Crippen molar-refractivity contribution in [2.75, 3.05) is 0 Å². The van der Waals surface area contributed by atoms with E-state index in [4.69, 9.17) is 0 Å². The Hall–Kier alpha value is -1.04. The maximum atomic E-state index is 3.83. The van der Waals surface area contributed by atoms with Gasteiger partial charge in [-0.1, -0.05) is 81.7 Å². The summed E-state index contributed by atoms with van der Waals surface area (Å²) in [6.07, 6.45) is 29.9. The number of hydrogen-bond donors (Lipinski definition) is 0. The van der Waals surface area contributed by atoms with Crippen molar-refractivity contribution in [1.29, 1.82) is 0 Å². The summed E-state index contributed by atoms with van der Waals surface area (Å²) < 4.78 is 0. The van der Waals surface area contributed by atoms with Gasteiger partial charge in [0.1, 0.15) is 0 Å². The van der Waals surface area contributed by atoms with Crippen LogP contribution in [0.4, 0.5) is 0 Å². The highest BCUT2D eigenvalue weighted by Gasteiger charge is 1.80. The lowest BCUT2D eigenvalue weighted by atomic mass is 10.2. The topological polar surface area (TPSA) is 0 Å². The summed E-state index contributed by atoms with van der Waals surface area (Å²) in [7, 11) is 0. The van der Waals surface area contributed by atoms with E-state index in [0.29, 0.717) is 0 Å². The largest absolute Gasteiger partial charge is 0.0882 e. The first-order valence-electron chi connectivity index (χ1n) is 8.31. The molecule has 0 aromatic heterocycles. The van der Waals surface area contributed by atoms with Gasteiger partial charge in [-0.05, 0) is 44.9 Å². The van der Waals surface area contributed by atoms with E-state index in [1.54, 1.807) is 0 Å². The van der Waals surface area contributed by atoms with Crippen LogP contribution in [0.25, 0.3) is 0 Å². The molecule has 0 spiro atoms. The predicted molar refractivity (Wildman–Crippen MR) is 93.8 cm³/mol. The minimum Gasteiger partial charge on any atom is -0.0882 e. The van der Waals surface area contributed by atoms with Gasteiger partial charge in [0.15, 0.2) is 0 Å². The van der Waals surface area contributed by atoms with E-state index in [9.17, 15) is 0 Å². The van der Waals surface area contributed by atoms with Gasteiger partial charge in [0, 0.05) is 0 Å². The van der Waals surface area contributed by atoms with E-state index >= 15 is 0 Å². The molecule has 0 aromatic rings. The molecule has 20 heavy (non-hydrogen) atoms. The van der Waals surface area contributed by atoms with Gasteiger partial charge < -0.3 is 0 Å². The van der Waals surface area contributed by atoms with Crippen LogP contribution in [0.2, 0.25) is 0 Å². The highest BCUT2D eigenvalue weighted by Crippen LogP contribution is 2.01. The summed E-state index contributed by atoms with van der Waals surface area (Å²) in [4.78, 5) is 0. The molecule has 0 saturated carbocycles. The number of unbranched alkanes of at least 4 members (excludes halogenated alkanes) is 5. The standard InChI is InChI=1S/C20H33/c1-3-5-7-9-11-13-15-17-19-20-18-16-14-12-10-8-6-4-2/h9,11-12,14-15,17-18,20H,1,3-8,10,13,16,19H2,2H3. The summed E-state index contributed by atoms with van der Waals surface area (Å²) in [6, 6.07) is 0. The fraction of sp³-hybridized carbons (Fsp3) is 0.550. The van der Waals surface area contributed by atoms with Crippen LogP contribution in [0.15, 0.2) is 48.6 Å². The molecule has 0 N–H and O–H groups in total. The molecule has 0 amide bonds. The Bertz CT molecular complexity index is 278. The van der Waals surface area contributed by atoms with Gasteiger partial charge in [0.25, 0.3) is 0 Å². The fourth-order valence-electron chi connectivity index (χ4n) is 1.82. The van der Waals surface area contributed by atoms with Crippen LogP contribution in [0.3, 0.4) is 0 Å². The molecule has 0 rings (SSSR count). The third-order valence-electron chi connectivity index (χ3n) is 3.08. The van der Waals surface area contributed by atoms with E-state index in [0.717, 1.165) is 25.7 Å². The van der Waals surface area contributed by atoms with E-state index in [-0.39, 0.29) is 0 Å². The number of allylic oxidation sites excluding steroid dienone is 8. The Kier molecular flexibility index (Phi) is 17.0. The monoisotopic (exact) mass is 273 g/mol. The molecular weight excluding hydrogens is 240 g/mol. The molecule has 0 bridgehead atoms. The molecule has 0 aromatic carbocycles. The van der Waals surface area contributed by atoms with E-state index in [1.807, 2.05) is 0 Å². The quantitative estimate of drug-likeness (QED) is 0.251. The van der Waals surface area contributed by atoms with Crippen molar-refractivity contribution in [3.05, 3.63) is 55.5 Å². The summed E-state index contributed by atoms with van der Waals surface area (Å²) in [5.41, 5.74) is 0. The first-order chi connectivity index (χ1) is 9.91. The highest BCUT2D eigenvalue weighted by molar-refractivity contribution is 4.99. The Balaban J connectivity index is 3.36. The van der Waals surface area contributed by atoms with Crippen molar-refractivity contribution in [3.8, 4) is 0 Å². The van der Waals surface area contributed by atoms with Gasteiger partial charge in [-0.25, -0.2) is 0 Å². The smallest absolute Gasteiger partial charge is 0.0169 e. The Morgan fingerprint density at radius 3 is 1.50 bits per heavy atom. The first-order valence-corrected chi connectivity index (χ1v) is 8.31. The van der Waals surface area contributed by atoms with Crippen LogP contribution >= 0.6 is 0 Å². The normalized spacial score (nSPS) is 12.7. The molecule has 0 unspecified atom stereocenters. The third-order valence-corrected chi connectivity index (χ3v) is 3.08. The molecule has 0 aliphatic heterocycles. The van der Waals surface area contributed by atoms with Gasteiger partial charge in [-0.2, -0.15) is 0 Å². The molecule has 0 fully saturated rings. The van der Waals surface area contributed by atoms with Crippen LogP contribution in [0.5, 0.6) is 0 Å². The summed E-state index contributed by atoms with van der Waals surface area (Å²) in [5, 5.41) is 0. The van der Waals surface area contributed by atoms with Crippen molar-refractivity contribution in [2.45, 2.75) is 71.1 Å². The lowest BCUT2D eigenvalue weighted by molar-refractivity contribution is 0.728. The Morgan fingerprint density at radius 1 is 0.600 bits per heavy atom. The summed E-state index contributed by atoms with van der Waals surface area (Å²) in [6.45, 7) is 6.08. The van der Waals surface area contributed by atoms with Crippen LogP contribution in [-0.4, -0.2) is 0 Å². The molecule has 1 radical (unpaired) electrons. The fourth-order valence-corrected chi connectivity index (χ4v) is 1.82. The Labute approximate surface area is 127 Å². The molecule has 0 aliphatic carbocycles. The molecule has 0 heteroatoms. The molecular formula is C20H33. The van der Waals surface area contributed by atoms with E-state index in [1.165, 1.54) is 38.5 Å². The van der Waals surface area contributed by atoms with E-state index < -0.39 is 0 Å². The zero-order valence-corrected chi connectivity index (χ0v) is 13.4. The lowest BCUT2D eigenvalue weighted by Gasteiger charge is -1.90. The molecule has 0 nitrogen and oxygen atoms in total. The van der Waals surface area contributed by atoms with Crippen LogP contribution in [-0.2, 0) is 0 Å². The predicted octanol–water partition coefficient (Wildman–Crippen LogP) is 6.97. The van der Waals surface area contributed by atoms with Crippen LogP contribution in [0.1, 0.15) is 71.1 Å². The van der Waals surface area contributed by atoms with Crippen molar-refractivity contribution in [3.63, 3.8) is 0 Å². The van der Waals surface area contributed by atoms with E-state index in [2.05, 4.69) is 62.5 Å². The van der Waals surface area contributed by atoms with Gasteiger partial charge in [0.05, 0.1) is 0 Å². The van der Waals surface area contributed by atoms with Crippen molar-refractivity contribution in [1.82, 2.24) is 0 Å². The maximum absolute atomic E-state index is 3.83. The zero-order valence-electron chi connectivity index (χ0n) is 13.4. The molecule has 0 heterocycles. The molecule has 0 atom stereocenters. The van der Waals surface area contributed by atoms with Gasteiger partial charge >= 0.3 is 0 Å². The van der Waals surface area contributed by atoms with Crippen molar-refractivity contribution in [2.24, 2.45) is 0 Å². The second-order valence-electron chi connectivity index (χ2n) is 5.08. The van der Waals surface area contributed by atoms with Gasteiger partial charge in [-0.15, -0.1) is 0 Å². The maximum Gasteiger partial charge on any atom is -0.0169 e. The molecule has 0 saturated heterocycles. The zero-order chi connectivity index (χ0) is 14.7. The minimum absolute atomic E-state index is 1.04. The Morgan fingerprint density at radius 2 is 1.05 bits per heavy atom. The van der Waals surface area contributed by atoms with Crippen LogP contribution < -0.4 is 0 Å². The second-order valence-corrected chi connectivity index (χ2v) is 5.08. The average Bonchev–Trinajstić information content (AvgIpc) is 2.47. The van der Waals surface area contributed by atoms with Crippen LogP contribution in [0, 0.1) is 6.92 Å². The number of rotatable bonds is 13. The first kappa shape index (κ1) is 19.0. The summed E-state index contributed by atoms with van der Waals surface area (Å²) >= 11 is 0. The van der Waals surface area contributed by atoms with Gasteiger partial charge in [-0.3, -0.25) is 0 Å². The van der Waals surface area contributed by atoms with Crippen molar-refractivity contribution < 1.29 is 0 Å². The van der Waals surface area contributed by atoms with Crippen molar-refractivity contribution >= 4 is 0 Å². The minimum atomic E-state index is 1.04. The third kappa shape index (κ3) is 17.0.